The summed E-state index contributed by atoms with van der Waals surface area (Å²) in [4.78, 5) is 4.14. The summed E-state index contributed by atoms with van der Waals surface area (Å²) in [7, 11) is -3.49. The van der Waals surface area contributed by atoms with Gasteiger partial charge in [0, 0.05) is 25.5 Å². The number of sulfonamides is 1. The average molecular weight is 317 g/mol. The molecule has 0 saturated heterocycles. The lowest BCUT2D eigenvalue weighted by Gasteiger charge is -2.12. The fourth-order valence-corrected chi connectivity index (χ4v) is 3.35. The molecule has 1 aromatic heterocycles. The van der Waals surface area contributed by atoms with Crippen molar-refractivity contribution in [3.05, 3.63) is 18.5 Å². The van der Waals surface area contributed by atoms with Gasteiger partial charge in [0.25, 0.3) is 0 Å². The Hall–Kier alpha value is -0.790. The number of aromatic nitrogens is 1. The minimum Gasteiger partial charge on any atom is -0.384 e. The standard InChI is InChI=1S/C13H23N3O2S2/c1-3-7-15-12-6-9-14-11-13(12)20(17,18)16-8-4-5-10-19-2/h6,9,11,16H,3-5,7-8,10H2,1-2H3,(H,14,15). The van der Waals surface area contributed by atoms with Crippen molar-refractivity contribution in [1.82, 2.24) is 9.71 Å². The van der Waals surface area contributed by atoms with Gasteiger partial charge in [0.1, 0.15) is 4.90 Å². The van der Waals surface area contributed by atoms with E-state index in [0.717, 1.165) is 31.6 Å². The fraction of sp³-hybridized carbons (Fsp3) is 0.615. The van der Waals surface area contributed by atoms with Crippen LogP contribution >= 0.6 is 11.8 Å². The van der Waals surface area contributed by atoms with Crippen molar-refractivity contribution >= 4 is 27.5 Å². The van der Waals surface area contributed by atoms with Gasteiger partial charge in [-0.15, -0.1) is 0 Å². The normalized spacial score (nSPS) is 11.5. The van der Waals surface area contributed by atoms with Crippen LogP contribution in [-0.2, 0) is 10.0 Å². The second-order valence-corrected chi connectivity index (χ2v) is 7.12. The molecule has 20 heavy (non-hydrogen) atoms. The smallest absolute Gasteiger partial charge is 0.244 e. The molecule has 1 heterocycles. The van der Waals surface area contributed by atoms with E-state index >= 15 is 0 Å². The first-order chi connectivity index (χ1) is 9.61. The zero-order chi connectivity index (χ0) is 14.8. The van der Waals surface area contributed by atoms with Crippen molar-refractivity contribution < 1.29 is 8.42 Å². The molecule has 0 bridgehead atoms. The van der Waals surface area contributed by atoms with E-state index in [1.165, 1.54) is 6.20 Å². The molecular weight excluding hydrogens is 294 g/mol. The maximum atomic E-state index is 12.3. The van der Waals surface area contributed by atoms with E-state index in [0.29, 0.717) is 12.2 Å². The SMILES string of the molecule is CCCNc1ccncc1S(=O)(=O)NCCCCSC. The molecule has 114 valence electrons. The second kappa shape index (κ2) is 9.20. The van der Waals surface area contributed by atoms with Crippen molar-refractivity contribution in [3.63, 3.8) is 0 Å². The fourth-order valence-electron chi connectivity index (χ4n) is 1.66. The molecule has 0 aliphatic rings. The number of hydrogen-bond donors (Lipinski definition) is 2. The van der Waals surface area contributed by atoms with Crippen LogP contribution in [0.1, 0.15) is 26.2 Å². The predicted octanol–water partition coefficient (Wildman–Crippen LogP) is 2.33. The van der Waals surface area contributed by atoms with Gasteiger partial charge in [-0.2, -0.15) is 11.8 Å². The molecule has 2 N–H and O–H groups in total. The number of thioether (sulfide) groups is 1. The Labute approximate surface area is 126 Å². The van der Waals surface area contributed by atoms with Crippen LogP contribution < -0.4 is 10.0 Å². The summed E-state index contributed by atoms with van der Waals surface area (Å²) in [6.07, 6.45) is 7.82. The number of hydrogen-bond acceptors (Lipinski definition) is 5. The van der Waals surface area contributed by atoms with Gasteiger partial charge >= 0.3 is 0 Å². The third kappa shape index (κ3) is 5.68. The van der Waals surface area contributed by atoms with Crippen LogP contribution in [0.2, 0.25) is 0 Å². The number of anilines is 1. The molecule has 0 aliphatic carbocycles. The molecule has 7 heteroatoms. The summed E-state index contributed by atoms with van der Waals surface area (Å²) in [5.74, 6) is 1.05. The van der Waals surface area contributed by atoms with Crippen LogP contribution in [0.25, 0.3) is 0 Å². The molecule has 1 rings (SSSR count). The lowest BCUT2D eigenvalue weighted by molar-refractivity contribution is 0.578. The van der Waals surface area contributed by atoms with Gasteiger partial charge in [0.05, 0.1) is 5.69 Å². The summed E-state index contributed by atoms with van der Waals surface area (Å²) in [5.41, 5.74) is 0.610. The van der Waals surface area contributed by atoms with Gasteiger partial charge < -0.3 is 5.32 Å². The highest BCUT2D eigenvalue weighted by Crippen LogP contribution is 2.19. The summed E-state index contributed by atoms with van der Waals surface area (Å²) in [5, 5.41) is 3.12. The Morgan fingerprint density at radius 2 is 2.10 bits per heavy atom. The number of nitrogens with zero attached hydrogens (tertiary/aromatic N) is 1. The molecule has 0 fully saturated rings. The van der Waals surface area contributed by atoms with Gasteiger partial charge in [0.2, 0.25) is 10.0 Å². The maximum Gasteiger partial charge on any atom is 0.244 e. The Morgan fingerprint density at radius 1 is 1.30 bits per heavy atom. The zero-order valence-corrected chi connectivity index (χ0v) is 13.7. The molecule has 0 spiro atoms. The largest absolute Gasteiger partial charge is 0.384 e. The van der Waals surface area contributed by atoms with Gasteiger partial charge in [-0.25, -0.2) is 13.1 Å². The van der Waals surface area contributed by atoms with Gasteiger partial charge in [-0.05, 0) is 37.3 Å². The highest BCUT2D eigenvalue weighted by Gasteiger charge is 2.17. The highest BCUT2D eigenvalue weighted by molar-refractivity contribution is 7.98. The Bertz CT molecular complexity index is 492. The van der Waals surface area contributed by atoms with E-state index in [1.807, 2.05) is 13.2 Å². The number of pyridine rings is 1. The Morgan fingerprint density at radius 3 is 2.80 bits per heavy atom. The molecule has 5 nitrogen and oxygen atoms in total. The molecule has 1 aromatic rings. The quantitative estimate of drug-likeness (QED) is 0.648. The first kappa shape index (κ1) is 17.3. The summed E-state index contributed by atoms with van der Waals surface area (Å²) >= 11 is 1.77. The van der Waals surface area contributed by atoms with Crippen molar-refractivity contribution in [2.24, 2.45) is 0 Å². The van der Waals surface area contributed by atoms with E-state index in [1.54, 1.807) is 24.0 Å². The van der Waals surface area contributed by atoms with Gasteiger partial charge in [-0.1, -0.05) is 6.92 Å². The minimum atomic E-state index is -3.49. The van der Waals surface area contributed by atoms with Crippen molar-refractivity contribution in [3.8, 4) is 0 Å². The number of rotatable bonds is 10. The lowest BCUT2D eigenvalue weighted by atomic mass is 10.3. The van der Waals surface area contributed by atoms with Crippen LogP contribution in [0.4, 0.5) is 5.69 Å². The first-order valence-electron chi connectivity index (χ1n) is 6.78. The molecule has 0 atom stereocenters. The zero-order valence-electron chi connectivity index (χ0n) is 12.1. The number of unbranched alkanes of at least 4 members (excludes halogenated alkanes) is 1. The van der Waals surface area contributed by atoms with E-state index in [4.69, 9.17) is 0 Å². The minimum absolute atomic E-state index is 0.221. The lowest BCUT2D eigenvalue weighted by Crippen LogP contribution is -2.26. The molecular formula is C13H23N3O2S2. The Kier molecular flexibility index (Phi) is 7.94. The summed E-state index contributed by atoms with van der Waals surface area (Å²) in [6.45, 7) is 3.23. The number of nitrogens with one attached hydrogen (secondary N) is 2. The third-order valence-electron chi connectivity index (χ3n) is 2.71. The van der Waals surface area contributed by atoms with Crippen molar-refractivity contribution in [2.45, 2.75) is 31.1 Å². The van der Waals surface area contributed by atoms with Gasteiger partial charge in [-0.3, -0.25) is 4.98 Å². The topological polar surface area (TPSA) is 71.1 Å². The monoisotopic (exact) mass is 317 g/mol. The molecule has 0 radical (unpaired) electrons. The van der Waals surface area contributed by atoms with Crippen LogP contribution in [0.15, 0.2) is 23.4 Å². The average Bonchev–Trinajstić information content (AvgIpc) is 2.45. The summed E-state index contributed by atoms with van der Waals surface area (Å²) in [6, 6.07) is 1.69. The summed E-state index contributed by atoms with van der Waals surface area (Å²) < 4.78 is 27.1. The maximum absolute atomic E-state index is 12.3. The Balaban J connectivity index is 2.66. The molecule has 0 aromatic carbocycles. The highest BCUT2D eigenvalue weighted by atomic mass is 32.2. The van der Waals surface area contributed by atoms with Gasteiger partial charge in [0.15, 0.2) is 0 Å². The molecule has 0 saturated carbocycles. The second-order valence-electron chi connectivity index (χ2n) is 4.40. The van der Waals surface area contributed by atoms with Crippen molar-refractivity contribution in [2.75, 3.05) is 30.4 Å². The van der Waals surface area contributed by atoms with Crippen LogP contribution in [0.5, 0.6) is 0 Å². The molecule has 0 amide bonds. The van der Waals surface area contributed by atoms with Crippen molar-refractivity contribution in [1.29, 1.82) is 0 Å². The van der Waals surface area contributed by atoms with E-state index in [9.17, 15) is 8.42 Å². The third-order valence-corrected chi connectivity index (χ3v) is 4.89. The first-order valence-corrected chi connectivity index (χ1v) is 9.66. The van der Waals surface area contributed by atoms with Crippen LogP contribution in [0, 0.1) is 0 Å². The van der Waals surface area contributed by atoms with Crippen LogP contribution in [0.3, 0.4) is 0 Å². The molecule has 0 unspecified atom stereocenters. The van der Waals surface area contributed by atoms with Crippen LogP contribution in [-0.4, -0.2) is 38.5 Å². The predicted molar refractivity (Wildman–Crippen MR) is 85.8 cm³/mol. The van der Waals surface area contributed by atoms with E-state index in [2.05, 4.69) is 15.0 Å². The van der Waals surface area contributed by atoms with E-state index in [-0.39, 0.29) is 4.90 Å². The molecule has 0 aliphatic heterocycles. The van der Waals surface area contributed by atoms with E-state index < -0.39 is 10.0 Å².